The summed E-state index contributed by atoms with van der Waals surface area (Å²) in [6, 6.07) is 9.14. The molecule has 156 valence electrons. The molecule has 1 fully saturated rings. The first kappa shape index (κ1) is 22.3. The second-order valence-corrected chi connectivity index (χ2v) is 7.96. The Balaban J connectivity index is 1.85. The van der Waals surface area contributed by atoms with Crippen LogP contribution >= 0.6 is 0 Å². The van der Waals surface area contributed by atoms with Crippen LogP contribution in [0, 0.1) is 0 Å². The minimum absolute atomic E-state index is 0.0945. The number of hydrogen-bond acceptors (Lipinski definition) is 7. The number of carbonyl (C=O) groups excluding carboxylic acids is 2. The number of hydrogen-bond donors (Lipinski definition) is 1. The minimum atomic E-state index is -0.733. The van der Waals surface area contributed by atoms with Crippen LogP contribution < -0.4 is 5.32 Å². The predicted molar refractivity (Wildman–Crippen MR) is 104 cm³/mol. The highest BCUT2D eigenvalue weighted by molar-refractivity contribution is 5.78. The quantitative estimate of drug-likeness (QED) is 0.742. The topological polar surface area (TPSA) is 83.1 Å². The van der Waals surface area contributed by atoms with Crippen LogP contribution in [0.2, 0.25) is 0 Å². The van der Waals surface area contributed by atoms with E-state index in [1.54, 1.807) is 20.8 Å². The molecular formula is C21H31NO6. The number of carbonyl (C=O) groups is 2. The molecule has 0 spiro atoms. The molecule has 1 aliphatic rings. The third kappa shape index (κ3) is 8.37. The van der Waals surface area contributed by atoms with E-state index >= 15 is 0 Å². The van der Waals surface area contributed by atoms with Crippen molar-refractivity contribution in [2.45, 2.75) is 64.6 Å². The molecule has 0 aliphatic carbocycles. The van der Waals surface area contributed by atoms with E-state index in [0.717, 1.165) is 5.56 Å². The van der Waals surface area contributed by atoms with E-state index in [-0.39, 0.29) is 25.4 Å². The van der Waals surface area contributed by atoms with Crippen molar-refractivity contribution in [2.75, 3.05) is 19.8 Å². The zero-order valence-electron chi connectivity index (χ0n) is 17.1. The highest BCUT2D eigenvalue weighted by atomic mass is 16.6. The standard InChI is InChI=1S/C21H31NO6/c1-15-10-17(26-12-16-8-6-5-7-9-16)13-25-14-18(20(24)27-15)22-11-19(23)28-21(2,3)4/h5-9,15,17-18,22H,10-14H2,1-4H3/t15-,17+,18-/m0/s1. The summed E-state index contributed by atoms with van der Waals surface area (Å²) in [4.78, 5) is 24.2. The van der Waals surface area contributed by atoms with Crippen molar-refractivity contribution in [2.24, 2.45) is 0 Å². The Morgan fingerprint density at radius 1 is 1.21 bits per heavy atom. The Bertz CT molecular complexity index is 628. The normalized spacial score (nSPS) is 23.9. The summed E-state index contributed by atoms with van der Waals surface area (Å²) >= 11 is 0. The van der Waals surface area contributed by atoms with Gasteiger partial charge in [0.15, 0.2) is 0 Å². The lowest BCUT2D eigenvalue weighted by Gasteiger charge is -2.21. The van der Waals surface area contributed by atoms with Gasteiger partial charge in [-0.05, 0) is 33.3 Å². The van der Waals surface area contributed by atoms with Gasteiger partial charge in [-0.15, -0.1) is 0 Å². The van der Waals surface area contributed by atoms with Crippen LogP contribution in [0.15, 0.2) is 30.3 Å². The van der Waals surface area contributed by atoms with E-state index in [1.807, 2.05) is 37.3 Å². The van der Waals surface area contributed by atoms with Gasteiger partial charge in [0.2, 0.25) is 0 Å². The summed E-state index contributed by atoms with van der Waals surface area (Å²) < 4.78 is 22.4. The Kier molecular flexibility index (Phi) is 8.41. The average Bonchev–Trinajstić information content (AvgIpc) is 2.67. The lowest BCUT2D eigenvalue weighted by Crippen LogP contribution is -2.45. The molecule has 7 heteroatoms. The van der Waals surface area contributed by atoms with Crippen molar-refractivity contribution in [1.29, 1.82) is 0 Å². The molecule has 28 heavy (non-hydrogen) atoms. The summed E-state index contributed by atoms with van der Waals surface area (Å²) in [6.07, 6.45) is 0.0329. The Labute approximate surface area is 166 Å². The zero-order valence-corrected chi connectivity index (χ0v) is 17.1. The number of benzene rings is 1. The Hall–Kier alpha value is -1.96. The Morgan fingerprint density at radius 2 is 1.93 bits per heavy atom. The summed E-state index contributed by atoms with van der Waals surface area (Å²) in [5.41, 5.74) is 0.496. The molecule has 0 radical (unpaired) electrons. The summed E-state index contributed by atoms with van der Waals surface area (Å²) in [7, 11) is 0. The molecule has 0 saturated carbocycles. The van der Waals surface area contributed by atoms with Crippen LogP contribution in [0.25, 0.3) is 0 Å². The molecule has 1 aromatic carbocycles. The molecule has 1 aliphatic heterocycles. The van der Waals surface area contributed by atoms with Crippen LogP contribution in [-0.2, 0) is 35.1 Å². The molecule has 0 bridgehead atoms. The fourth-order valence-corrected chi connectivity index (χ4v) is 2.78. The molecule has 1 aromatic rings. The zero-order chi connectivity index (χ0) is 20.6. The van der Waals surface area contributed by atoms with Gasteiger partial charge in [-0.2, -0.15) is 0 Å². The highest BCUT2D eigenvalue weighted by Gasteiger charge is 2.28. The van der Waals surface area contributed by atoms with Gasteiger partial charge < -0.3 is 18.9 Å². The second-order valence-electron chi connectivity index (χ2n) is 7.96. The molecule has 3 atom stereocenters. The molecule has 7 nitrogen and oxygen atoms in total. The lowest BCUT2D eigenvalue weighted by molar-refractivity contribution is -0.155. The number of esters is 2. The van der Waals surface area contributed by atoms with E-state index in [4.69, 9.17) is 18.9 Å². The van der Waals surface area contributed by atoms with Gasteiger partial charge in [0.1, 0.15) is 17.7 Å². The van der Waals surface area contributed by atoms with E-state index in [1.165, 1.54) is 0 Å². The van der Waals surface area contributed by atoms with Gasteiger partial charge in [-0.25, -0.2) is 0 Å². The second kappa shape index (κ2) is 10.5. The fraction of sp³-hybridized carbons (Fsp3) is 0.619. The Morgan fingerprint density at radius 3 is 2.61 bits per heavy atom. The monoisotopic (exact) mass is 393 g/mol. The van der Waals surface area contributed by atoms with E-state index in [9.17, 15) is 9.59 Å². The van der Waals surface area contributed by atoms with E-state index < -0.39 is 23.6 Å². The van der Waals surface area contributed by atoms with Gasteiger partial charge in [0, 0.05) is 6.42 Å². The maximum Gasteiger partial charge on any atom is 0.325 e. The van der Waals surface area contributed by atoms with Crippen LogP contribution in [0.1, 0.15) is 39.7 Å². The van der Waals surface area contributed by atoms with Gasteiger partial charge in [0.05, 0.1) is 32.5 Å². The molecule has 1 saturated heterocycles. The third-order valence-electron chi connectivity index (χ3n) is 4.03. The first-order valence-corrected chi connectivity index (χ1v) is 9.62. The third-order valence-corrected chi connectivity index (χ3v) is 4.03. The summed E-state index contributed by atoms with van der Waals surface area (Å²) in [5.74, 6) is -0.878. The fourth-order valence-electron chi connectivity index (χ4n) is 2.78. The van der Waals surface area contributed by atoms with Crippen LogP contribution in [0.3, 0.4) is 0 Å². The summed E-state index contributed by atoms with van der Waals surface area (Å²) in [6.45, 7) is 8.02. The number of ether oxygens (including phenoxy) is 4. The van der Waals surface area contributed by atoms with E-state index in [2.05, 4.69) is 5.32 Å². The van der Waals surface area contributed by atoms with Crippen molar-refractivity contribution < 1.29 is 28.5 Å². The van der Waals surface area contributed by atoms with E-state index in [0.29, 0.717) is 19.6 Å². The molecular weight excluding hydrogens is 362 g/mol. The smallest absolute Gasteiger partial charge is 0.325 e. The summed E-state index contributed by atoms with van der Waals surface area (Å²) in [5, 5.41) is 2.87. The van der Waals surface area contributed by atoms with Crippen molar-refractivity contribution in [1.82, 2.24) is 5.32 Å². The van der Waals surface area contributed by atoms with Crippen LogP contribution in [0.4, 0.5) is 0 Å². The van der Waals surface area contributed by atoms with Gasteiger partial charge >= 0.3 is 11.9 Å². The molecule has 0 aromatic heterocycles. The number of rotatable bonds is 6. The maximum absolute atomic E-state index is 12.4. The van der Waals surface area contributed by atoms with Crippen LogP contribution in [-0.4, -0.2) is 55.5 Å². The SMILES string of the molecule is C[C@H]1C[C@@H](OCc2ccccc2)COC[C@H](NCC(=O)OC(C)(C)C)C(=O)O1. The van der Waals surface area contributed by atoms with Gasteiger partial charge in [0.25, 0.3) is 0 Å². The van der Waals surface area contributed by atoms with Gasteiger partial charge in [-0.1, -0.05) is 30.3 Å². The number of nitrogens with one attached hydrogen (secondary N) is 1. The maximum atomic E-state index is 12.4. The van der Waals surface area contributed by atoms with Crippen molar-refractivity contribution in [3.8, 4) is 0 Å². The predicted octanol–water partition coefficient (Wildman–Crippen LogP) is 2.22. The average molecular weight is 393 g/mol. The molecule has 0 unspecified atom stereocenters. The van der Waals surface area contributed by atoms with Crippen LogP contribution in [0.5, 0.6) is 0 Å². The molecule has 0 amide bonds. The highest BCUT2D eigenvalue weighted by Crippen LogP contribution is 2.14. The van der Waals surface area contributed by atoms with Crippen molar-refractivity contribution >= 4 is 11.9 Å². The molecule has 1 heterocycles. The number of cyclic esters (lactones) is 1. The lowest BCUT2D eigenvalue weighted by atomic mass is 10.2. The molecule has 1 N–H and O–H groups in total. The minimum Gasteiger partial charge on any atom is -0.461 e. The largest absolute Gasteiger partial charge is 0.461 e. The first-order chi connectivity index (χ1) is 13.2. The molecule has 2 rings (SSSR count). The van der Waals surface area contributed by atoms with Gasteiger partial charge in [-0.3, -0.25) is 14.9 Å². The van der Waals surface area contributed by atoms with Crippen molar-refractivity contribution in [3.05, 3.63) is 35.9 Å². The first-order valence-electron chi connectivity index (χ1n) is 9.62. The van der Waals surface area contributed by atoms with Crippen molar-refractivity contribution in [3.63, 3.8) is 0 Å².